The van der Waals surface area contributed by atoms with E-state index in [1.54, 1.807) is 16.4 Å². The molecule has 0 saturated carbocycles. The predicted molar refractivity (Wildman–Crippen MR) is 67.3 cm³/mol. The first-order valence-corrected chi connectivity index (χ1v) is 6.16. The van der Waals surface area contributed by atoms with E-state index in [-0.39, 0.29) is 0 Å². The maximum absolute atomic E-state index is 10.3. The van der Waals surface area contributed by atoms with Crippen molar-refractivity contribution in [2.45, 2.75) is 32.9 Å². The normalized spacial score (nSPS) is 12.9. The van der Waals surface area contributed by atoms with Crippen molar-refractivity contribution in [2.75, 3.05) is 0 Å². The summed E-state index contributed by atoms with van der Waals surface area (Å²) >= 11 is 6.12. The number of hydrogen-bond donors (Lipinski definition) is 1. The van der Waals surface area contributed by atoms with Crippen LogP contribution in [0.2, 0.25) is 5.15 Å². The minimum absolute atomic E-state index is 0.375. The molecule has 0 amide bonds. The Hall–Kier alpha value is -1.40. The van der Waals surface area contributed by atoms with Crippen molar-refractivity contribution in [1.29, 1.82) is 0 Å². The van der Waals surface area contributed by atoms with Gasteiger partial charge in [0.2, 0.25) is 0 Å². The lowest BCUT2D eigenvalue weighted by Gasteiger charge is -2.10. The Morgan fingerprint density at radius 2 is 2.22 bits per heavy atom. The summed E-state index contributed by atoms with van der Waals surface area (Å²) in [6.45, 7) is 4.53. The summed E-state index contributed by atoms with van der Waals surface area (Å²) in [7, 11) is 1.75. The lowest BCUT2D eigenvalue weighted by atomic mass is 10.1. The first-order valence-electron chi connectivity index (χ1n) is 5.78. The molecule has 0 aliphatic carbocycles. The van der Waals surface area contributed by atoms with Crippen molar-refractivity contribution in [1.82, 2.24) is 24.5 Å². The van der Waals surface area contributed by atoms with Crippen molar-refractivity contribution >= 4 is 11.6 Å². The van der Waals surface area contributed by atoms with Gasteiger partial charge in [-0.3, -0.25) is 9.36 Å². The van der Waals surface area contributed by atoms with E-state index in [1.807, 2.05) is 13.8 Å². The standard InChI is InChI=1S/C11H16ClN5O/c1-4-17-9(13-6-14-17)5-8(18)10-7(2)15-16(3)11(10)12/h6,8,18H,4-5H2,1-3H3. The van der Waals surface area contributed by atoms with Crippen LogP contribution in [0.25, 0.3) is 0 Å². The molecular formula is C11H16ClN5O. The van der Waals surface area contributed by atoms with Crippen LogP contribution in [-0.4, -0.2) is 29.7 Å². The van der Waals surface area contributed by atoms with Crippen LogP contribution in [0.1, 0.15) is 30.1 Å². The zero-order chi connectivity index (χ0) is 13.3. The topological polar surface area (TPSA) is 68.8 Å². The number of aromatic nitrogens is 5. The van der Waals surface area contributed by atoms with Crippen LogP contribution in [0.4, 0.5) is 0 Å². The molecule has 0 spiro atoms. The van der Waals surface area contributed by atoms with E-state index < -0.39 is 6.10 Å². The van der Waals surface area contributed by atoms with Crippen molar-refractivity contribution in [3.63, 3.8) is 0 Å². The van der Waals surface area contributed by atoms with E-state index in [9.17, 15) is 5.11 Å². The van der Waals surface area contributed by atoms with Gasteiger partial charge in [0, 0.05) is 25.6 Å². The fourth-order valence-electron chi connectivity index (χ4n) is 2.01. The highest BCUT2D eigenvalue weighted by Crippen LogP contribution is 2.27. The first-order chi connectivity index (χ1) is 8.54. The third-order valence-corrected chi connectivity index (χ3v) is 3.35. The Labute approximate surface area is 110 Å². The van der Waals surface area contributed by atoms with Gasteiger partial charge in [-0.1, -0.05) is 11.6 Å². The molecular weight excluding hydrogens is 254 g/mol. The molecule has 98 valence electrons. The Balaban J connectivity index is 2.24. The fraction of sp³-hybridized carbons (Fsp3) is 0.545. The van der Waals surface area contributed by atoms with Gasteiger partial charge in [-0.15, -0.1) is 0 Å². The largest absolute Gasteiger partial charge is 0.388 e. The summed E-state index contributed by atoms with van der Waals surface area (Å²) in [5, 5.41) is 19.0. The van der Waals surface area contributed by atoms with E-state index >= 15 is 0 Å². The minimum Gasteiger partial charge on any atom is -0.388 e. The summed E-state index contributed by atoms with van der Waals surface area (Å²) in [6, 6.07) is 0. The Morgan fingerprint density at radius 3 is 2.78 bits per heavy atom. The highest BCUT2D eigenvalue weighted by molar-refractivity contribution is 6.30. The smallest absolute Gasteiger partial charge is 0.138 e. The van der Waals surface area contributed by atoms with Crippen molar-refractivity contribution in [3.05, 3.63) is 28.6 Å². The molecule has 2 rings (SSSR count). The number of hydrogen-bond acceptors (Lipinski definition) is 4. The number of halogens is 1. The molecule has 0 fully saturated rings. The van der Waals surface area contributed by atoms with Gasteiger partial charge in [0.25, 0.3) is 0 Å². The molecule has 0 bridgehead atoms. The molecule has 0 aliphatic rings. The Kier molecular flexibility index (Phi) is 3.68. The Bertz CT molecular complexity index is 548. The zero-order valence-corrected chi connectivity index (χ0v) is 11.4. The minimum atomic E-state index is -0.722. The maximum Gasteiger partial charge on any atom is 0.138 e. The van der Waals surface area contributed by atoms with Gasteiger partial charge in [0.1, 0.15) is 17.3 Å². The number of aryl methyl sites for hydroxylation is 3. The summed E-state index contributed by atoms with van der Waals surface area (Å²) in [4.78, 5) is 4.14. The molecule has 0 aliphatic heterocycles. The zero-order valence-electron chi connectivity index (χ0n) is 10.6. The van der Waals surface area contributed by atoms with E-state index in [1.165, 1.54) is 6.33 Å². The van der Waals surface area contributed by atoms with Crippen LogP contribution >= 0.6 is 11.6 Å². The van der Waals surface area contributed by atoms with Crippen LogP contribution in [0.5, 0.6) is 0 Å². The molecule has 2 aromatic heterocycles. The molecule has 2 heterocycles. The molecule has 2 aromatic rings. The number of aliphatic hydroxyl groups is 1. The van der Waals surface area contributed by atoms with Crippen molar-refractivity contribution < 1.29 is 5.11 Å². The van der Waals surface area contributed by atoms with Crippen molar-refractivity contribution in [2.24, 2.45) is 7.05 Å². The van der Waals surface area contributed by atoms with Crippen LogP contribution in [0.15, 0.2) is 6.33 Å². The van der Waals surface area contributed by atoms with E-state index in [2.05, 4.69) is 15.2 Å². The SMILES string of the molecule is CCn1ncnc1CC(O)c1c(C)nn(C)c1Cl. The average molecular weight is 270 g/mol. The molecule has 7 heteroatoms. The molecule has 1 atom stereocenters. The fourth-order valence-corrected chi connectivity index (χ4v) is 2.31. The van der Waals surface area contributed by atoms with Crippen LogP contribution in [0.3, 0.4) is 0 Å². The van der Waals surface area contributed by atoms with E-state index in [0.717, 1.165) is 18.1 Å². The lowest BCUT2D eigenvalue weighted by molar-refractivity contribution is 0.173. The highest BCUT2D eigenvalue weighted by atomic mass is 35.5. The summed E-state index contributed by atoms with van der Waals surface area (Å²) in [6.07, 6.45) is 1.14. The lowest BCUT2D eigenvalue weighted by Crippen LogP contribution is -2.10. The van der Waals surface area contributed by atoms with Crippen LogP contribution in [0, 0.1) is 6.92 Å². The molecule has 0 radical (unpaired) electrons. The Morgan fingerprint density at radius 1 is 1.50 bits per heavy atom. The van der Waals surface area contributed by atoms with Crippen LogP contribution in [-0.2, 0) is 20.0 Å². The quantitative estimate of drug-likeness (QED) is 0.908. The third kappa shape index (κ3) is 2.26. The van der Waals surface area contributed by atoms with Gasteiger partial charge in [-0.25, -0.2) is 4.98 Å². The second-order valence-electron chi connectivity index (χ2n) is 4.13. The molecule has 0 aromatic carbocycles. The second-order valence-corrected chi connectivity index (χ2v) is 4.48. The molecule has 1 N–H and O–H groups in total. The van der Waals surface area contributed by atoms with Crippen molar-refractivity contribution in [3.8, 4) is 0 Å². The molecule has 1 unspecified atom stereocenters. The maximum atomic E-state index is 10.3. The second kappa shape index (κ2) is 5.07. The van der Waals surface area contributed by atoms with Gasteiger partial charge >= 0.3 is 0 Å². The monoisotopic (exact) mass is 269 g/mol. The van der Waals surface area contributed by atoms with Gasteiger partial charge < -0.3 is 5.11 Å². The van der Waals surface area contributed by atoms with E-state index in [4.69, 9.17) is 11.6 Å². The highest BCUT2D eigenvalue weighted by Gasteiger charge is 2.21. The van der Waals surface area contributed by atoms with Gasteiger partial charge in [0.05, 0.1) is 11.8 Å². The third-order valence-electron chi connectivity index (χ3n) is 2.90. The molecule has 6 nitrogen and oxygen atoms in total. The van der Waals surface area contributed by atoms with E-state index in [0.29, 0.717) is 17.1 Å². The van der Waals surface area contributed by atoms with Gasteiger partial charge in [-0.2, -0.15) is 10.2 Å². The number of nitrogens with zero attached hydrogens (tertiary/aromatic N) is 5. The van der Waals surface area contributed by atoms with Crippen LogP contribution < -0.4 is 0 Å². The number of aliphatic hydroxyl groups excluding tert-OH is 1. The first kappa shape index (κ1) is 13.0. The van der Waals surface area contributed by atoms with Gasteiger partial charge in [-0.05, 0) is 13.8 Å². The molecule has 0 saturated heterocycles. The predicted octanol–water partition coefficient (Wildman–Crippen LogP) is 1.27. The summed E-state index contributed by atoms with van der Waals surface area (Å²) in [5.74, 6) is 0.740. The van der Waals surface area contributed by atoms with Gasteiger partial charge in [0.15, 0.2) is 0 Å². The molecule has 18 heavy (non-hydrogen) atoms. The number of rotatable bonds is 4. The summed E-state index contributed by atoms with van der Waals surface area (Å²) < 4.78 is 3.31. The average Bonchev–Trinajstić information content (AvgIpc) is 2.85. The summed E-state index contributed by atoms with van der Waals surface area (Å²) in [5.41, 5.74) is 1.39.